The molecule has 110 valence electrons. The van der Waals surface area contributed by atoms with E-state index in [1.165, 1.54) is 7.11 Å². The van der Waals surface area contributed by atoms with Crippen molar-refractivity contribution in [1.29, 1.82) is 0 Å². The second-order valence-electron chi connectivity index (χ2n) is 4.65. The van der Waals surface area contributed by atoms with Crippen LogP contribution < -0.4 is 20.5 Å². The van der Waals surface area contributed by atoms with E-state index in [0.29, 0.717) is 17.1 Å². The first-order chi connectivity index (χ1) is 9.35. The summed E-state index contributed by atoms with van der Waals surface area (Å²) in [6.45, 7) is 5.46. The van der Waals surface area contributed by atoms with Crippen molar-refractivity contribution in [3.05, 3.63) is 23.8 Å². The van der Waals surface area contributed by atoms with E-state index in [1.807, 2.05) is 13.8 Å². The maximum absolute atomic E-state index is 11.8. The van der Waals surface area contributed by atoms with E-state index in [9.17, 15) is 4.79 Å². The third-order valence-electron chi connectivity index (χ3n) is 2.55. The van der Waals surface area contributed by atoms with E-state index < -0.39 is 6.10 Å². The number of carbonyl (C=O) groups is 1. The first-order valence-electron chi connectivity index (χ1n) is 6.30. The largest absolute Gasteiger partial charge is 0.493 e. The molecule has 0 bridgehead atoms. The molecule has 0 saturated heterocycles. The molecule has 1 rings (SSSR count). The van der Waals surface area contributed by atoms with Crippen LogP contribution in [0, 0.1) is 0 Å². The summed E-state index contributed by atoms with van der Waals surface area (Å²) in [5, 5.41) is 2.78. The SMILES string of the molecule is COc1cc(C(N)=S)ccc1OC(C)C(=O)NC(C)C. The normalized spacial score (nSPS) is 11.8. The molecule has 5 nitrogen and oxygen atoms in total. The number of benzene rings is 1. The lowest BCUT2D eigenvalue weighted by Crippen LogP contribution is -2.40. The van der Waals surface area contributed by atoms with Crippen LogP contribution >= 0.6 is 12.2 Å². The molecule has 1 unspecified atom stereocenters. The van der Waals surface area contributed by atoms with Crippen LogP contribution in [0.15, 0.2) is 18.2 Å². The topological polar surface area (TPSA) is 73.6 Å². The molecule has 1 aromatic rings. The molecule has 1 atom stereocenters. The number of amides is 1. The van der Waals surface area contributed by atoms with E-state index >= 15 is 0 Å². The summed E-state index contributed by atoms with van der Waals surface area (Å²) in [4.78, 5) is 12.1. The van der Waals surface area contributed by atoms with Gasteiger partial charge >= 0.3 is 0 Å². The summed E-state index contributed by atoms with van der Waals surface area (Å²) in [5.74, 6) is 0.777. The van der Waals surface area contributed by atoms with E-state index in [4.69, 9.17) is 27.4 Å². The molecule has 3 N–H and O–H groups in total. The van der Waals surface area contributed by atoms with Crippen LogP contribution in [0.1, 0.15) is 26.3 Å². The van der Waals surface area contributed by atoms with E-state index in [0.717, 1.165) is 0 Å². The van der Waals surface area contributed by atoms with E-state index in [1.54, 1.807) is 25.1 Å². The minimum Gasteiger partial charge on any atom is -0.493 e. The molecule has 1 aromatic carbocycles. The summed E-state index contributed by atoms with van der Waals surface area (Å²) in [7, 11) is 1.52. The van der Waals surface area contributed by atoms with Gasteiger partial charge in [0.15, 0.2) is 17.6 Å². The number of carbonyl (C=O) groups excluding carboxylic acids is 1. The average molecular weight is 296 g/mol. The van der Waals surface area contributed by atoms with Crippen molar-refractivity contribution in [3.63, 3.8) is 0 Å². The van der Waals surface area contributed by atoms with Crippen molar-refractivity contribution in [3.8, 4) is 11.5 Å². The third-order valence-corrected chi connectivity index (χ3v) is 2.79. The molecular formula is C14H20N2O3S. The fraction of sp³-hybridized carbons (Fsp3) is 0.429. The predicted octanol–water partition coefficient (Wildman–Crippen LogP) is 1.62. The van der Waals surface area contributed by atoms with Crippen LogP contribution in [0.2, 0.25) is 0 Å². The molecule has 0 spiro atoms. The molecular weight excluding hydrogens is 276 g/mol. The van der Waals surface area contributed by atoms with Gasteiger partial charge in [0.05, 0.1) is 7.11 Å². The van der Waals surface area contributed by atoms with Gasteiger partial charge in [-0.05, 0) is 39.0 Å². The molecule has 0 aliphatic carbocycles. The Morgan fingerprint density at radius 1 is 1.30 bits per heavy atom. The van der Waals surface area contributed by atoms with Crippen molar-refractivity contribution in [2.24, 2.45) is 5.73 Å². The highest BCUT2D eigenvalue weighted by Crippen LogP contribution is 2.29. The minimum atomic E-state index is -0.623. The molecule has 0 aliphatic heterocycles. The lowest BCUT2D eigenvalue weighted by Gasteiger charge is -2.18. The number of methoxy groups -OCH3 is 1. The van der Waals surface area contributed by atoms with Gasteiger partial charge in [-0.3, -0.25) is 4.79 Å². The molecule has 20 heavy (non-hydrogen) atoms. The van der Waals surface area contributed by atoms with Gasteiger partial charge in [0.2, 0.25) is 0 Å². The van der Waals surface area contributed by atoms with Crippen molar-refractivity contribution < 1.29 is 14.3 Å². The van der Waals surface area contributed by atoms with Crippen LogP contribution in [-0.4, -0.2) is 30.2 Å². The Morgan fingerprint density at radius 3 is 2.45 bits per heavy atom. The Balaban J connectivity index is 2.86. The van der Waals surface area contributed by atoms with Crippen LogP contribution in [-0.2, 0) is 4.79 Å². The fourth-order valence-corrected chi connectivity index (χ4v) is 1.69. The first-order valence-corrected chi connectivity index (χ1v) is 6.70. The van der Waals surface area contributed by atoms with Crippen LogP contribution in [0.25, 0.3) is 0 Å². The minimum absolute atomic E-state index is 0.0624. The number of ether oxygens (including phenoxy) is 2. The summed E-state index contributed by atoms with van der Waals surface area (Å²) in [6.07, 6.45) is -0.623. The van der Waals surface area contributed by atoms with Gasteiger partial charge in [0, 0.05) is 11.6 Å². The van der Waals surface area contributed by atoms with Crippen molar-refractivity contribution in [2.45, 2.75) is 32.9 Å². The number of nitrogens with one attached hydrogen (secondary N) is 1. The zero-order valence-electron chi connectivity index (χ0n) is 12.1. The number of nitrogens with two attached hydrogens (primary N) is 1. The van der Waals surface area contributed by atoms with Gasteiger partial charge in [0.1, 0.15) is 4.99 Å². The third kappa shape index (κ3) is 4.38. The standard InChI is InChI=1S/C14H20N2O3S/c1-8(2)16-14(17)9(3)19-11-6-5-10(13(15)20)7-12(11)18-4/h5-9H,1-4H3,(H2,15,20)(H,16,17). The predicted molar refractivity (Wildman–Crippen MR) is 82.3 cm³/mol. The zero-order chi connectivity index (χ0) is 15.3. The molecule has 0 radical (unpaired) electrons. The lowest BCUT2D eigenvalue weighted by molar-refractivity contribution is -0.127. The molecule has 0 heterocycles. The second kappa shape index (κ2) is 7.09. The maximum atomic E-state index is 11.8. The van der Waals surface area contributed by atoms with Crippen molar-refractivity contribution in [2.75, 3.05) is 7.11 Å². The smallest absolute Gasteiger partial charge is 0.260 e. The lowest BCUT2D eigenvalue weighted by atomic mass is 10.2. The fourth-order valence-electron chi connectivity index (χ4n) is 1.56. The molecule has 0 fully saturated rings. The van der Waals surface area contributed by atoms with E-state index in [2.05, 4.69) is 5.32 Å². The van der Waals surface area contributed by atoms with Gasteiger partial charge in [-0.25, -0.2) is 0 Å². The number of hydrogen-bond donors (Lipinski definition) is 2. The summed E-state index contributed by atoms with van der Waals surface area (Å²) < 4.78 is 10.8. The maximum Gasteiger partial charge on any atom is 0.260 e. The average Bonchev–Trinajstić information content (AvgIpc) is 2.37. The van der Waals surface area contributed by atoms with Crippen molar-refractivity contribution >= 4 is 23.1 Å². The Kier molecular flexibility index (Phi) is 5.76. The molecule has 6 heteroatoms. The Labute approximate surface area is 124 Å². The summed E-state index contributed by atoms with van der Waals surface area (Å²) >= 11 is 4.91. The number of thiocarbonyl (C=S) groups is 1. The Hall–Kier alpha value is -1.82. The van der Waals surface area contributed by atoms with Gasteiger partial charge in [-0.1, -0.05) is 12.2 Å². The Bertz CT molecular complexity index is 503. The highest BCUT2D eigenvalue weighted by atomic mass is 32.1. The monoisotopic (exact) mass is 296 g/mol. The summed E-state index contributed by atoms with van der Waals surface area (Å²) in [5.41, 5.74) is 6.25. The van der Waals surface area contributed by atoms with Crippen LogP contribution in [0.3, 0.4) is 0 Å². The summed E-state index contributed by atoms with van der Waals surface area (Å²) in [6, 6.07) is 5.16. The quantitative estimate of drug-likeness (QED) is 0.780. The first kappa shape index (κ1) is 16.2. The zero-order valence-corrected chi connectivity index (χ0v) is 12.9. The highest BCUT2D eigenvalue weighted by molar-refractivity contribution is 7.80. The highest BCUT2D eigenvalue weighted by Gasteiger charge is 2.17. The van der Waals surface area contributed by atoms with Crippen LogP contribution in [0.4, 0.5) is 0 Å². The number of hydrogen-bond acceptors (Lipinski definition) is 4. The van der Waals surface area contributed by atoms with Crippen LogP contribution in [0.5, 0.6) is 11.5 Å². The van der Waals surface area contributed by atoms with E-state index in [-0.39, 0.29) is 16.9 Å². The molecule has 0 aromatic heterocycles. The van der Waals surface area contributed by atoms with Crippen molar-refractivity contribution in [1.82, 2.24) is 5.32 Å². The molecule has 0 aliphatic rings. The molecule has 1 amide bonds. The van der Waals surface area contributed by atoms with Gasteiger partial charge < -0.3 is 20.5 Å². The van der Waals surface area contributed by atoms with Gasteiger partial charge in [-0.2, -0.15) is 0 Å². The van der Waals surface area contributed by atoms with Gasteiger partial charge in [-0.15, -0.1) is 0 Å². The molecule has 0 saturated carbocycles. The van der Waals surface area contributed by atoms with Gasteiger partial charge in [0.25, 0.3) is 5.91 Å². The number of rotatable bonds is 6. The Morgan fingerprint density at radius 2 is 1.95 bits per heavy atom. The second-order valence-corrected chi connectivity index (χ2v) is 5.09.